The first-order chi connectivity index (χ1) is 13.0. The van der Waals surface area contributed by atoms with Crippen LogP contribution in [-0.2, 0) is 19.6 Å². The van der Waals surface area contributed by atoms with E-state index in [-0.39, 0.29) is 17.9 Å². The molecule has 2 aliphatic rings. The minimum Gasteiger partial charge on any atom is -0.461 e. The third kappa shape index (κ3) is 4.41. The topological polar surface area (TPSA) is 96.9 Å². The number of ether oxygens (including phenoxy) is 1. The van der Waals surface area contributed by atoms with E-state index in [1.165, 1.54) is 15.4 Å². The standard InChI is InChI=1S/C19H25N3O5S/c1-19(2,3)12-27-18(24)13-5-6-16(20-9-13)22-10-14-7-8-21(28(4,25)26)11-15(14)17(22)23/h5-6,9H,7-8,10-12H2,1-4H3. The van der Waals surface area contributed by atoms with Crippen molar-refractivity contribution in [2.45, 2.75) is 27.2 Å². The lowest BCUT2D eigenvalue weighted by atomic mass is 9.99. The molecule has 28 heavy (non-hydrogen) atoms. The molecule has 0 unspecified atom stereocenters. The molecule has 0 radical (unpaired) electrons. The zero-order valence-corrected chi connectivity index (χ0v) is 17.4. The Labute approximate surface area is 165 Å². The normalized spacial score (nSPS) is 18.4. The number of carbonyl (C=O) groups is 2. The number of nitrogens with zero attached hydrogens (tertiary/aromatic N) is 3. The van der Waals surface area contributed by atoms with Crippen LogP contribution >= 0.6 is 0 Å². The van der Waals surface area contributed by atoms with Crippen molar-refractivity contribution in [3.05, 3.63) is 35.0 Å². The highest BCUT2D eigenvalue weighted by molar-refractivity contribution is 7.88. The summed E-state index contributed by atoms with van der Waals surface area (Å²) in [7, 11) is -3.34. The van der Waals surface area contributed by atoms with Gasteiger partial charge in [-0.3, -0.25) is 9.69 Å². The second-order valence-electron chi connectivity index (χ2n) is 8.36. The van der Waals surface area contributed by atoms with E-state index < -0.39 is 16.0 Å². The van der Waals surface area contributed by atoms with Crippen molar-refractivity contribution in [3.8, 4) is 0 Å². The van der Waals surface area contributed by atoms with Gasteiger partial charge in [-0.25, -0.2) is 18.2 Å². The Balaban J connectivity index is 1.69. The molecule has 0 saturated carbocycles. The van der Waals surface area contributed by atoms with Gasteiger partial charge in [0, 0.05) is 31.4 Å². The second-order valence-corrected chi connectivity index (χ2v) is 10.3. The van der Waals surface area contributed by atoms with E-state index in [0.29, 0.717) is 43.1 Å². The first kappa shape index (κ1) is 20.5. The maximum atomic E-state index is 12.8. The van der Waals surface area contributed by atoms with Crippen LogP contribution in [-0.4, -0.2) is 62.1 Å². The molecule has 1 aromatic heterocycles. The van der Waals surface area contributed by atoms with Gasteiger partial charge in [-0.1, -0.05) is 20.8 Å². The molecule has 9 heteroatoms. The van der Waals surface area contributed by atoms with Gasteiger partial charge >= 0.3 is 5.97 Å². The van der Waals surface area contributed by atoms with Crippen LogP contribution in [0.25, 0.3) is 0 Å². The van der Waals surface area contributed by atoms with Crippen LogP contribution in [0.5, 0.6) is 0 Å². The molecule has 0 atom stereocenters. The Morgan fingerprint density at radius 3 is 2.54 bits per heavy atom. The van der Waals surface area contributed by atoms with Gasteiger partial charge in [-0.15, -0.1) is 0 Å². The Morgan fingerprint density at radius 1 is 1.25 bits per heavy atom. The van der Waals surface area contributed by atoms with Gasteiger partial charge in [0.2, 0.25) is 10.0 Å². The van der Waals surface area contributed by atoms with Crippen molar-refractivity contribution in [2.75, 3.05) is 37.4 Å². The number of hydrogen-bond acceptors (Lipinski definition) is 6. The van der Waals surface area contributed by atoms with Crippen LogP contribution < -0.4 is 4.90 Å². The predicted octanol–water partition coefficient (Wildman–Crippen LogP) is 1.59. The van der Waals surface area contributed by atoms with Crippen LogP contribution in [0.2, 0.25) is 0 Å². The lowest BCUT2D eigenvalue weighted by Gasteiger charge is -2.24. The molecular formula is C19H25N3O5S. The summed E-state index contributed by atoms with van der Waals surface area (Å²) in [4.78, 5) is 30.6. The molecule has 0 bridgehead atoms. The molecule has 3 rings (SSSR count). The number of pyridine rings is 1. The molecular weight excluding hydrogens is 382 g/mol. The summed E-state index contributed by atoms with van der Waals surface area (Å²) in [5.41, 5.74) is 1.66. The molecule has 8 nitrogen and oxygen atoms in total. The van der Waals surface area contributed by atoms with E-state index in [0.717, 1.165) is 11.8 Å². The van der Waals surface area contributed by atoms with Gasteiger partial charge < -0.3 is 4.74 Å². The minimum absolute atomic E-state index is 0.0979. The largest absolute Gasteiger partial charge is 0.461 e. The van der Waals surface area contributed by atoms with Gasteiger partial charge in [0.1, 0.15) is 5.82 Å². The molecule has 0 N–H and O–H groups in total. The Bertz CT molecular complexity index is 929. The smallest absolute Gasteiger partial charge is 0.339 e. The highest BCUT2D eigenvalue weighted by atomic mass is 32.2. The van der Waals surface area contributed by atoms with Crippen LogP contribution in [0.3, 0.4) is 0 Å². The molecule has 1 aromatic rings. The molecule has 0 fully saturated rings. The molecule has 1 amide bonds. The summed E-state index contributed by atoms with van der Waals surface area (Å²) in [6.07, 6.45) is 3.07. The summed E-state index contributed by atoms with van der Waals surface area (Å²) >= 11 is 0. The van der Waals surface area contributed by atoms with Gasteiger partial charge in [-0.2, -0.15) is 4.31 Å². The zero-order valence-electron chi connectivity index (χ0n) is 16.6. The zero-order chi connectivity index (χ0) is 20.7. The van der Waals surface area contributed by atoms with E-state index in [2.05, 4.69) is 4.98 Å². The minimum atomic E-state index is -3.34. The summed E-state index contributed by atoms with van der Waals surface area (Å²) < 4.78 is 30.1. The fourth-order valence-corrected chi connectivity index (χ4v) is 3.88. The van der Waals surface area contributed by atoms with E-state index in [1.54, 1.807) is 12.1 Å². The number of amides is 1. The second kappa shape index (κ2) is 7.29. The van der Waals surface area contributed by atoms with Crippen molar-refractivity contribution in [1.29, 1.82) is 0 Å². The number of anilines is 1. The maximum Gasteiger partial charge on any atom is 0.339 e. The highest BCUT2D eigenvalue weighted by Crippen LogP contribution is 2.30. The summed E-state index contributed by atoms with van der Waals surface area (Å²) in [6.45, 7) is 7.09. The third-order valence-electron chi connectivity index (χ3n) is 4.64. The van der Waals surface area contributed by atoms with Crippen LogP contribution in [0, 0.1) is 5.41 Å². The number of rotatable bonds is 4. The van der Waals surface area contributed by atoms with Gasteiger partial charge in [-0.05, 0) is 29.5 Å². The summed E-state index contributed by atoms with van der Waals surface area (Å²) in [5, 5.41) is 0. The highest BCUT2D eigenvalue weighted by Gasteiger charge is 2.37. The Morgan fingerprint density at radius 2 is 1.96 bits per heavy atom. The van der Waals surface area contributed by atoms with Crippen LogP contribution in [0.15, 0.2) is 29.5 Å². The van der Waals surface area contributed by atoms with Crippen molar-refractivity contribution >= 4 is 27.7 Å². The molecule has 0 aromatic carbocycles. The van der Waals surface area contributed by atoms with E-state index >= 15 is 0 Å². The quantitative estimate of drug-likeness (QED) is 0.703. The van der Waals surface area contributed by atoms with E-state index in [1.807, 2.05) is 20.8 Å². The number of sulfonamides is 1. The molecule has 3 heterocycles. The van der Waals surface area contributed by atoms with Crippen molar-refractivity contribution in [3.63, 3.8) is 0 Å². The molecule has 2 aliphatic heterocycles. The van der Waals surface area contributed by atoms with Crippen molar-refractivity contribution in [2.24, 2.45) is 5.41 Å². The van der Waals surface area contributed by atoms with Crippen LogP contribution in [0.1, 0.15) is 37.6 Å². The molecule has 0 spiro atoms. The Hall–Kier alpha value is -2.26. The summed E-state index contributed by atoms with van der Waals surface area (Å²) in [6, 6.07) is 3.19. The van der Waals surface area contributed by atoms with Gasteiger partial charge in [0.05, 0.1) is 18.4 Å². The Kier molecular flexibility index (Phi) is 5.33. The average molecular weight is 407 g/mol. The first-order valence-electron chi connectivity index (χ1n) is 9.07. The SMILES string of the molecule is CC(C)(C)COC(=O)c1ccc(N2CC3=C(CN(S(C)(=O)=O)CC3)C2=O)nc1. The van der Waals surface area contributed by atoms with E-state index in [9.17, 15) is 18.0 Å². The lowest BCUT2D eigenvalue weighted by molar-refractivity contribution is -0.114. The fourth-order valence-electron chi connectivity index (χ4n) is 3.10. The van der Waals surface area contributed by atoms with Crippen molar-refractivity contribution < 1.29 is 22.7 Å². The van der Waals surface area contributed by atoms with Gasteiger partial charge in [0.25, 0.3) is 5.91 Å². The third-order valence-corrected chi connectivity index (χ3v) is 5.89. The fraction of sp³-hybridized carbons (Fsp3) is 0.526. The number of esters is 1. The predicted molar refractivity (Wildman–Crippen MR) is 104 cm³/mol. The number of hydrogen-bond donors (Lipinski definition) is 0. The summed E-state index contributed by atoms with van der Waals surface area (Å²) in [5.74, 6) is -0.264. The number of aromatic nitrogens is 1. The molecule has 0 saturated heterocycles. The maximum absolute atomic E-state index is 12.8. The lowest BCUT2D eigenvalue weighted by Crippen LogP contribution is -2.37. The first-order valence-corrected chi connectivity index (χ1v) is 10.9. The van der Waals surface area contributed by atoms with Crippen LogP contribution in [0.4, 0.5) is 5.82 Å². The van der Waals surface area contributed by atoms with E-state index in [4.69, 9.17) is 4.74 Å². The van der Waals surface area contributed by atoms with Crippen molar-refractivity contribution in [1.82, 2.24) is 9.29 Å². The van der Waals surface area contributed by atoms with Gasteiger partial charge in [0.15, 0.2) is 0 Å². The molecule has 0 aliphatic carbocycles. The monoisotopic (exact) mass is 407 g/mol. The molecule has 152 valence electrons. The number of carbonyl (C=O) groups excluding carboxylic acids is 2. The average Bonchev–Trinajstić information content (AvgIpc) is 2.95.